The van der Waals surface area contributed by atoms with Gasteiger partial charge in [-0.05, 0) is 24.8 Å². The van der Waals surface area contributed by atoms with Gasteiger partial charge in [-0.2, -0.15) is 11.8 Å². The van der Waals surface area contributed by atoms with Gasteiger partial charge in [-0.1, -0.05) is 18.5 Å². The summed E-state index contributed by atoms with van der Waals surface area (Å²) in [6.45, 7) is 1.88. The van der Waals surface area contributed by atoms with Gasteiger partial charge in [0.1, 0.15) is 10.7 Å². The van der Waals surface area contributed by atoms with E-state index in [2.05, 4.69) is 4.72 Å². The smallest absolute Gasteiger partial charge is 0.242 e. The fraction of sp³-hybridized carbons (Fsp3) is 0.455. The topological polar surface area (TPSA) is 72.2 Å². The zero-order valence-electron chi connectivity index (χ0n) is 10.6. The molecule has 0 aliphatic heterocycles. The van der Waals surface area contributed by atoms with Crippen molar-refractivity contribution in [2.75, 3.05) is 17.7 Å². The van der Waals surface area contributed by atoms with E-state index in [0.29, 0.717) is 12.2 Å². The van der Waals surface area contributed by atoms with Crippen molar-refractivity contribution in [1.82, 2.24) is 4.72 Å². The maximum absolute atomic E-state index is 13.2. The van der Waals surface area contributed by atoms with Gasteiger partial charge in [-0.25, -0.2) is 17.5 Å². The lowest BCUT2D eigenvalue weighted by Gasteiger charge is -2.17. The van der Waals surface area contributed by atoms with E-state index in [9.17, 15) is 12.8 Å². The van der Waals surface area contributed by atoms with Crippen molar-refractivity contribution >= 4 is 39.1 Å². The molecule has 1 aromatic carbocycles. The predicted molar refractivity (Wildman–Crippen MR) is 78.6 cm³/mol. The first kappa shape index (κ1) is 16.6. The Hall–Kier alpha value is -0.500. The van der Waals surface area contributed by atoms with Crippen LogP contribution in [0.3, 0.4) is 0 Å². The molecule has 108 valence electrons. The van der Waals surface area contributed by atoms with Gasteiger partial charge in [-0.3, -0.25) is 0 Å². The minimum absolute atomic E-state index is 0.182. The van der Waals surface area contributed by atoms with Crippen LogP contribution in [0.4, 0.5) is 10.1 Å². The summed E-state index contributed by atoms with van der Waals surface area (Å²) in [7, 11) is -3.81. The van der Waals surface area contributed by atoms with Crippen molar-refractivity contribution in [1.29, 1.82) is 0 Å². The molecule has 0 fully saturated rings. The SMILES string of the molecule is CCC(CSC)NS(=O)(=O)c1cc(N)c(F)cc1Cl. The number of nitrogens with two attached hydrogens (primary N) is 1. The molecule has 19 heavy (non-hydrogen) atoms. The zero-order chi connectivity index (χ0) is 14.6. The predicted octanol–water partition coefficient (Wildman–Crippen LogP) is 2.48. The zero-order valence-corrected chi connectivity index (χ0v) is 13.0. The summed E-state index contributed by atoms with van der Waals surface area (Å²) in [5.74, 6) is -0.0931. The summed E-state index contributed by atoms with van der Waals surface area (Å²) in [4.78, 5) is -0.201. The van der Waals surface area contributed by atoms with Crippen LogP contribution in [0.15, 0.2) is 17.0 Å². The van der Waals surface area contributed by atoms with Gasteiger partial charge < -0.3 is 5.73 Å². The second kappa shape index (κ2) is 6.78. The van der Waals surface area contributed by atoms with E-state index in [1.165, 1.54) is 11.8 Å². The molecular formula is C11H16ClFN2O2S2. The fourth-order valence-corrected chi connectivity index (χ4v) is 4.17. The number of nitrogen functional groups attached to an aromatic ring is 1. The third-order valence-electron chi connectivity index (χ3n) is 2.52. The van der Waals surface area contributed by atoms with Crippen LogP contribution in [-0.2, 0) is 10.0 Å². The Balaban J connectivity index is 3.10. The number of hydrogen-bond acceptors (Lipinski definition) is 4. The lowest BCUT2D eigenvalue weighted by Crippen LogP contribution is -2.36. The Morgan fingerprint density at radius 1 is 1.53 bits per heavy atom. The van der Waals surface area contributed by atoms with Crippen molar-refractivity contribution in [3.05, 3.63) is 23.0 Å². The van der Waals surface area contributed by atoms with Crippen molar-refractivity contribution in [2.45, 2.75) is 24.3 Å². The number of anilines is 1. The van der Waals surface area contributed by atoms with E-state index >= 15 is 0 Å². The number of rotatable bonds is 6. The molecule has 0 saturated heterocycles. The monoisotopic (exact) mass is 326 g/mol. The van der Waals surface area contributed by atoms with Crippen LogP contribution in [0.1, 0.15) is 13.3 Å². The van der Waals surface area contributed by atoms with Gasteiger partial charge in [0.2, 0.25) is 10.0 Å². The number of sulfonamides is 1. The van der Waals surface area contributed by atoms with Gasteiger partial charge in [0.05, 0.1) is 10.7 Å². The Morgan fingerprint density at radius 3 is 2.68 bits per heavy atom. The first-order valence-electron chi connectivity index (χ1n) is 5.57. The van der Waals surface area contributed by atoms with E-state index in [-0.39, 0.29) is 21.6 Å². The van der Waals surface area contributed by atoms with E-state index < -0.39 is 15.8 Å². The average molecular weight is 327 g/mol. The van der Waals surface area contributed by atoms with Crippen molar-refractivity contribution in [3.63, 3.8) is 0 Å². The largest absolute Gasteiger partial charge is 0.396 e. The Bertz CT molecular complexity index is 552. The molecule has 3 N–H and O–H groups in total. The van der Waals surface area contributed by atoms with Crippen molar-refractivity contribution in [3.8, 4) is 0 Å². The quantitative estimate of drug-likeness (QED) is 0.788. The lowest BCUT2D eigenvalue weighted by molar-refractivity contribution is 0.558. The Labute approximate surface area is 121 Å². The molecule has 0 saturated carbocycles. The van der Waals surface area contributed by atoms with E-state index in [1.807, 2.05) is 13.2 Å². The highest BCUT2D eigenvalue weighted by molar-refractivity contribution is 7.98. The van der Waals surface area contributed by atoms with Crippen LogP contribution in [0, 0.1) is 5.82 Å². The summed E-state index contributed by atoms with van der Waals surface area (Å²) in [5, 5.41) is -0.182. The highest BCUT2D eigenvalue weighted by Crippen LogP contribution is 2.26. The summed E-state index contributed by atoms with van der Waals surface area (Å²) in [5.41, 5.74) is 5.13. The summed E-state index contributed by atoms with van der Waals surface area (Å²) >= 11 is 7.31. The Morgan fingerprint density at radius 2 is 2.16 bits per heavy atom. The van der Waals surface area contributed by atoms with Crippen LogP contribution in [0.2, 0.25) is 5.02 Å². The third-order valence-corrected chi connectivity index (χ3v) is 5.24. The van der Waals surface area contributed by atoms with E-state index in [1.54, 1.807) is 0 Å². The normalized spacial score (nSPS) is 13.5. The standard InChI is InChI=1S/C11H16ClFN2O2S2/c1-3-7(6-18-2)15-19(16,17)11-5-10(14)9(13)4-8(11)12/h4-5,7,15H,3,6,14H2,1-2H3. The lowest BCUT2D eigenvalue weighted by atomic mass is 10.3. The second-order valence-electron chi connectivity index (χ2n) is 3.99. The molecule has 0 heterocycles. The maximum Gasteiger partial charge on any atom is 0.242 e. The highest BCUT2D eigenvalue weighted by Gasteiger charge is 2.23. The summed E-state index contributed by atoms with van der Waals surface area (Å²) in [6, 6.07) is 1.73. The number of nitrogens with one attached hydrogen (secondary N) is 1. The molecular weight excluding hydrogens is 311 g/mol. The van der Waals surface area contributed by atoms with Crippen LogP contribution in [0.25, 0.3) is 0 Å². The molecule has 0 bridgehead atoms. The maximum atomic E-state index is 13.2. The average Bonchev–Trinajstić information content (AvgIpc) is 2.32. The fourth-order valence-electron chi connectivity index (χ4n) is 1.47. The molecule has 0 aliphatic rings. The van der Waals surface area contributed by atoms with Gasteiger partial charge >= 0.3 is 0 Å². The third kappa shape index (κ3) is 4.24. The first-order valence-corrected chi connectivity index (χ1v) is 8.83. The van der Waals surface area contributed by atoms with Crippen LogP contribution < -0.4 is 10.5 Å². The summed E-state index contributed by atoms with van der Waals surface area (Å²) in [6.07, 6.45) is 2.54. The van der Waals surface area contributed by atoms with Crippen LogP contribution in [-0.4, -0.2) is 26.5 Å². The number of benzene rings is 1. The molecule has 1 rings (SSSR count). The van der Waals surface area contributed by atoms with E-state index in [0.717, 1.165) is 12.1 Å². The van der Waals surface area contributed by atoms with Gasteiger partial charge in [0.15, 0.2) is 0 Å². The molecule has 0 aromatic heterocycles. The minimum atomic E-state index is -3.81. The molecule has 0 radical (unpaired) electrons. The molecule has 0 spiro atoms. The number of halogens is 2. The molecule has 0 amide bonds. The van der Waals surface area contributed by atoms with Crippen LogP contribution in [0.5, 0.6) is 0 Å². The van der Waals surface area contributed by atoms with Crippen molar-refractivity contribution in [2.24, 2.45) is 0 Å². The molecule has 1 atom stereocenters. The Kier molecular flexibility index (Phi) is 5.91. The van der Waals surface area contributed by atoms with Gasteiger partial charge in [-0.15, -0.1) is 0 Å². The minimum Gasteiger partial charge on any atom is -0.396 e. The molecule has 1 aromatic rings. The number of thioether (sulfide) groups is 1. The van der Waals surface area contributed by atoms with Gasteiger partial charge in [0.25, 0.3) is 0 Å². The first-order chi connectivity index (χ1) is 8.81. The molecule has 1 unspecified atom stereocenters. The van der Waals surface area contributed by atoms with Crippen molar-refractivity contribution < 1.29 is 12.8 Å². The van der Waals surface area contributed by atoms with Crippen LogP contribution >= 0.6 is 23.4 Å². The van der Waals surface area contributed by atoms with E-state index in [4.69, 9.17) is 17.3 Å². The number of hydrogen-bond donors (Lipinski definition) is 2. The molecule has 8 heteroatoms. The molecule has 0 aliphatic carbocycles. The molecule has 4 nitrogen and oxygen atoms in total. The highest BCUT2D eigenvalue weighted by atomic mass is 35.5. The summed E-state index contributed by atoms with van der Waals surface area (Å²) < 4.78 is 40.1. The van der Waals surface area contributed by atoms with Gasteiger partial charge in [0, 0.05) is 11.8 Å². The second-order valence-corrected chi connectivity index (χ2v) is 6.99.